The summed E-state index contributed by atoms with van der Waals surface area (Å²) < 4.78 is 16.7. The first kappa shape index (κ1) is 19.6. The maximum Gasteiger partial charge on any atom is 0.229 e. The Balaban J connectivity index is 1.63. The zero-order valence-corrected chi connectivity index (χ0v) is 15.2. The molecular weight excluding hydrogens is 380 g/mol. The zero-order valence-electron chi connectivity index (χ0n) is 15.2. The van der Waals surface area contributed by atoms with Gasteiger partial charge in [0.2, 0.25) is 6.29 Å². The van der Waals surface area contributed by atoms with Crippen molar-refractivity contribution < 1.29 is 34.3 Å². The van der Waals surface area contributed by atoms with Crippen LogP contribution in [0, 0.1) is 0 Å². The van der Waals surface area contributed by atoms with Crippen LogP contribution in [0.3, 0.4) is 0 Å². The van der Waals surface area contributed by atoms with Crippen molar-refractivity contribution in [3.8, 4) is 17.1 Å². The van der Waals surface area contributed by atoms with Gasteiger partial charge >= 0.3 is 0 Å². The highest BCUT2D eigenvalue weighted by molar-refractivity contribution is 5.80. The van der Waals surface area contributed by atoms with Crippen molar-refractivity contribution in [2.75, 3.05) is 6.61 Å². The van der Waals surface area contributed by atoms with Gasteiger partial charge in [-0.05, 0) is 18.2 Å². The van der Waals surface area contributed by atoms with Crippen LogP contribution < -0.4 is 10.2 Å². The quantitative estimate of drug-likeness (QED) is 0.502. The molecule has 4 rings (SSSR count). The first-order valence-corrected chi connectivity index (χ1v) is 9.08. The highest BCUT2D eigenvalue weighted by Gasteiger charge is 2.44. The van der Waals surface area contributed by atoms with E-state index in [0.29, 0.717) is 11.3 Å². The summed E-state index contributed by atoms with van der Waals surface area (Å²) in [6.07, 6.45) is -6.99. The first-order chi connectivity index (χ1) is 14.0. The topological polar surface area (TPSA) is 130 Å². The lowest BCUT2D eigenvalue weighted by Gasteiger charge is -2.39. The third-order valence-corrected chi connectivity index (χ3v) is 4.86. The molecule has 0 amide bonds. The SMILES string of the molecule is O=c1cc(-c2ccccc2)oc2ccc(O[C@@H]3O[C@H](CO)[C@@H](O)[C@@H](O)[C@H]3O)cc12. The Kier molecular flexibility index (Phi) is 5.35. The van der Waals surface area contributed by atoms with E-state index in [1.807, 2.05) is 30.3 Å². The highest BCUT2D eigenvalue weighted by Crippen LogP contribution is 2.27. The number of hydrogen-bond donors (Lipinski definition) is 4. The number of benzene rings is 2. The van der Waals surface area contributed by atoms with Gasteiger partial charge < -0.3 is 34.3 Å². The molecule has 0 bridgehead atoms. The molecule has 2 aromatic carbocycles. The Bertz CT molecular complexity index is 1050. The van der Waals surface area contributed by atoms with Crippen LogP contribution in [-0.2, 0) is 4.74 Å². The van der Waals surface area contributed by atoms with E-state index in [0.717, 1.165) is 5.56 Å². The summed E-state index contributed by atoms with van der Waals surface area (Å²) in [6.45, 7) is -0.561. The Hall–Kier alpha value is -2.75. The van der Waals surface area contributed by atoms with E-state index in [4.69, 9.17) is 13.9 Å². The molecule has 1 fully saturated rings. The Labute approximate surface area is 165 Å². The van der Waals surface area contributed by atoms with E-state index < -0.39 is 37.3 Å². The highest BCUT2D eigenvalue weighted by atomic mass is 16.7. The molecule has 1 aromatic heterocycles. The fraction of sp³-hybridized carbons (Fsp3) is 0.286. The van der Waals surface area contributed by atoms with Crippen LogP contribution in [-0.4, -0.2) is 57.7 Å². The minimum absolute atomic E-state index is 0.196. The fourth-order valence-electron chi connectivity index (χ4n) is 3.25. The molecule has 5 atom stereocenters. The second-order valence-electron chi connectivity index (χ2n) is 6.81. The maximum atomic E-state index is 12.6. The van der Waals surface area contributed by atoms with Crippen molar-refractivity contribution in [1.29, 1.82) is 0 Å². The van der Waals surface area contributed by atoms with Gasteiger partial charge in [0.1, 0.15) is 41.5 Å². The summed E-state index contributed by atoms with van der Waals surface area (Å²) in [7, 11) is 0. The second-order valence-corrected chi connectivity index (χ2v) is 6.81. The van der Waals surface area contributed by atoms with Crippen LogP contribution in [0.4, 0.5) is 0 Å². The average Bonchev–Trinajstić information content (AvgIpc) is 2.75. The molecule has 29 heavy (non-hydrogen) atoms. The standard InChI is InChI=1S/C21H20O8/c22-10-17-18(24)19(25)20(26)21(29-17)27-12-6-7-15-13(8-12)14(23)9-16(28-15)11-4-2-1-3-5-11/h1-9,17-22,24-26H,10H2/t17-,18-,19-,20-,21-/m1/s1. The largest absolute Gasteiger partial charge is 0.462 e. The molecule has 0 unspecified atom stereocenters. The van der Waals surface area contributed by atoms with Gasteiger partial charge in [-0.25, -0.2) is 0 Å². The molecule has 2 heterocycles. The van der Waals surface area contributed by atoms with E-state index in [1.54, 1.807) is 6.07 Å². The Morgan fingerprint density at radius 2 is 1.69 bits per heavy atom. The van der Waals surface area contributed by atoms with Crippen LogP contribution >= 0.6 is 0 Å². The molecule has 1 aliphatic heterocycles. The number of hydrogen-bond acceptors (Lipinski definition) is 8. The van der Waals surface area contributed by atoms with Crippen LogP contribution in [0.25, 0.3) is 22.3 Å². The summed E-state index contributed by atoms with van der Waals surface area (Å²) in [6, 6.07) is 15.1. The van der Waals surface area contributed by atoms with Crippen molar-refractivity contribution in [3.05, 3.63) is 64.8 Å². The molecule has 8 nitrogen and oxygen atoms in total. The molecule has 0 radical (unpaired) electrons. The molecule has 1 saturated heterocycles. The first-order valence-electron chi connectivity index (χ1n) is 9.08. The molecule has 4 N–H and O–H groups in total. The van der Waals surface area contributed by atoms with Crippen molar-refractivity contribution in [2.24, 2.45) is 0 Å². The van der Waals surface area contributed by atoms with Gasteiger partial charge in [0, 0.05) is 11.6 Å². The van der Waals surface area contributed by atoms with E-state index in [9.17, 15) is 25.2 Å². The molecule has 0 spiro atoms. The van der Waals surface area contributed by atoms with Gasteiger partial charge in [-0.2, -0.15) is 0 Å². The number of ether oxygens (including phenoxy) is 2. The van der Waals surface area contributed by atoms with Crippen LogP contribution in [0.5, 0.6) is 5.75 Å². The normalized spacial score (nSPS) is 27.1. The van der Waals surface area contributed by atoms with E-state index in [-0.39, 0.29) is 16.6 Å². The van der Waals surface area contributed by atoms with Gasteiger partial charge in [0.15, 0.2) is 5.43 Å². The smallest absolute Gasteiger partial charge is 0.229 e. The van der Waals surface area contributed by atoms with Gasteiger partial charge in [0.25, 0.3) is 0 Å². The number of aliphatic hydroxyl groups excluding tert-OH is 4. The third kappa shape index (κ3) is 3.76. The lowest BCUT2D eigenvalue weighted by Crippen LogP contribution is -2.60. The van der Waals surface area contributed by atoms with Gasteiger partial charge in [-0.3, -0.25) is 4.79 Å². The number of fused-ring (bicyclic) bond motifs is 1. The molecule has 8 heteroatoms. The maximum absolute atomic E-state index is 12.6. The average molecular weight is 400 g/mol. The third-order valence-electron chi connectivity index (χ3n) is 4.86. The van der Waals surface area contributed by atoms with Gasteiger partial charge in [-0.1, -0.05) is 30.3 Å². The van der Waals surface area contributed by atoms with Crippen LogP contribution in [0.1, 0.15) is 0 Å². The monoisotopic (exact) mass is 400 g/mol. The van der Waals surface area contributed by atoms with Crippen molar-refractivity contribution in [1.82, 2.24) is 0 Å². The van der Waals surface area contributed by atoms with Crippen LogP contribution in [0.2, 0.25) is 0 Å². The molecule has 1 aliphatic rings. The summed E-state index contributed by atoms with van der Waals surface area (Å²) in [5.41, 5.74) is 0.856. The van der Waals surface area contributed by atoms with Crippen molar-refractivity contribution in [3.63, 3.8) is 0 Å². The fourth-order valence-corrected chi connectivity index (χ4v) is 3.25. The van der Waals surface area contributed by atoms with Crippen molar-refractivity contribution >= 4 is 11.0 Å². The summed E-state index contributed by atoms with van der Waals surface area (Å²) >= 11 is 0. The molecule has 0 saturated carbocycles. The Morgan fingerprint density at radius 3 is 2.41 bits per heavy atom. The lowest BCUT2D eigenvalue weighted by atomic mass is 9.99. The second kappa shape index (κ2) is 7.94. The van der Waals surface area contributed by atoms with Crippen LogP contribution in [0.15, 0.2) is 63.8 Å². The minimum Gasteiger partial charge on any atom is -0.462 e. The number of rotatable bonds is 4. The predicted octanol–water partition coefficient (Wildman–Crippen LogP) is 0.639. The van der Waals surface area contributed by atoms with E-state index in [2.05, 4.69) is 0 Å². The predicted molar refractivity (Wildman–Crippen MR) is 102 cm³/mol. The summed E-state index contributed by atoms with van der Waals surface area (Å²) in [5, 5.41) is 39.3. The number of aliphatic hydroxyl groups is 4. The summed E-state index contributed by atoms with van der Waals surface area (Å²) in [5.74, 6) is 0.632. The molecular formula is C21H20O8. The van der Waals surface area contributed by atoms with Crippen molar-refractivity contribution in [2.45, 2.75) is 30.7 Å². The summed E-state index contributed by atoms with van der Waals surface area (Å²) in [4.78, 5) is 12.6. The lowest BCUT2D eigenvalue weighted by molar-refractivity contribution is -0.277. The molecule has 3 aromatic rings. The van der Waals surface area contributed by atoms with E-state index in [1.165, 1.54) is 18.2 Å². The molecule has 0 aliphatic carbocycles. The molecule has 152 valence electrons. The zero-order chi connectivity index (χ0) is 20.5. The Morgan fingerprint density at radius 1 is 0.931 bits per heavy atom. The minimum atomic E-state index is -1.55. The van der Waals surface area contributed by atoms with E-state index >= 15 is 0 Å². The van der Waals surface area contributed by atoms with Gasteiger partial charge in [0.05, 0.1) is 12.0 Å². The van der Waals surface area contributed by atoms with Gasteiger partial charge in [-0.15, -0.1) is 0 Å².